The second kappa shape index (κ2) is 6.42. The van der Waals surface area contributed by atoms with Crippen molar-refractivity contribution >= 4 is 27.5 Å². The van der Waals surface area contributed by atoms with Crippen LogP contribution in [0.3, 0.4) is 0 Å². The Morgan fingerprint density at radius 2 is 2.05 bits per heavy atom. The molecular formula is C16H13BrN2O2. The highest BCUT2D eigenvalue weighted by Gasteiger charge is 2.14. The van der Waals surface area contributed by atoms with Crippen LogP contribution in [0.15, 0.2) is 40.9 Å². The van der Waals surface area contributed by atoms with Crippen LogP contribution in [-0.4, -0.2) is 13.0 Å². The molecule has 0 aliphatic rings. The van der Waals surface area contributed by atoms with Crippen molar-refractivity contribution in [2.24, 2.45) is 0 Å². The molecule has 0 radical (unpaired) electrons. The lowest BCUT2D eigenvalue weighted by Gasteiger charge is -2.11. The van der Waals surface area contributed by atoms with E-state index in [1.807, 2.05) is 13.0 Å². The van der Waals surface area contributed by atoms with Crippen LogP contribution >= 0.6 is 15.9 Å². The second-order valence-corrected chi connectivity index (χ2v) is 5.38. The van der Waals surface area contributed by atoms with E-state index in [1.54, 1.807) is 30.3 Å². The van der Waals surface area contributed by atoms with Gasteiger partial charge < -0.3 is 10.1 Å². The predicted octanol–water partition coefficient (Wildman–Crippen LogP) is 3.89. The number of nitriles is 1. The van der Waals surface area contributed by atoms with Gasteiger partial charge in [-0.05, 0) is 37.3 Å². The quantitative estimate of drug-likeness (QED) is 0.918. The summed E-state index contributed by atoms with van der Waals surface area (Å²) >= 11 is 3.33. The van der Waals surface area contributed by atoms with E-state index < -0.39 is 0 Å². The largest absolute Gasteiger partial charge is 0.496 e. The van der Waals surface area contributed by atoms with Crippen LogP contribution < -0.4 is 10.1 Å². The molecule has 2 aromatic rings. The van der Waals surface area contributed by atoms with Crippen LogP contribution in [-0.2, 0) is 0 Å². The third-order valence-corrected chi connectivity index (χ3v) is 3.44. The molecule has 106 valence electrons. The van der Waals surface area contributed by atoms with E-state index >= 15 is 0 Å². The van der Waals surface area contributed by atoms with Crippen molar-refractivity contribution in [2.45, 2.75) is 6.92 Å². The van der Waals surface area contributed by atoms with Crippen LogP contribution in [0, 0.1) is 18.3 Å². The lowest BCUT2D eigenvalue weighted by atomic mass is 10.1. The van der Waals surface area contributed by atoms with Gasteiger partial charge in [0.1, 0.15) is 11.8 Å². The molecule has 0 saturated heterocycles. The Labute approximate surface area is 131 Å². The normalized spacial score (nSPS) is 9.81. The van der Waals surface area contributed by atoms with Gasteiger partial charge >= 0.3 is 0 Å². The summed E-state index contributed by atoms with van der Waals surface area (Å²) in [6.45, 7) is 1.90. The summed E-state index contributed by atoms with van der Waals surface area (Å²) in [7, 11) is 1.52. The highest BCUT2D eigenvalue weighted by atomic mass is 79.9. The molecule has 0 fully saturated rings. The number of carbonyl (C=O) groups is 1. The summed E-state index contributed by atoms with van der Waals surface area (Å²) in [4.78, 5) is 12.4. The minimum absolute atomic E-state index is 0.315. The number of anilines is 1. The molecule has 0 aromatic heterocycles. The van der Waals surface area contributed by atoms with E-state index in [4.69, 9.17) is 10.00 Å². The second-order valence-electron chi connectivity index (χ2n) is 4.46. The first-order valence-corrected chi connectivity index (χ1v) is 7.00. The highest BCUT2D eigenvalue weighted by molar-refractivity contribution is 9.10. The molecule has 21 heavy (non-hydrogen) atoms. The first kappa shape index (κ1) is 15.1. The van der Waals surface area contributed by atoms with Gasteiger partial charge in [0.15, 0.2) is 0 Å². The summed E-state index contributed by atoms with van der Waals surface area (Å²) in [6.07, 6.45) is 0. The Hall–Kier alpha value is -2.32. The van der Waals surface area contributed by atoms with Crippen LogP contribution in [0.2, 0.25) is 0 Å². The molecule has 1 N–H and O–H groups in total. The Bertz CT molecular complexity index is 736. The maximum atomic E-state index is 12.4. The average Bonchev–Trinajstić information content (AvgIpc) is 2.47. The standard InChI is InChI=1S/C16H13BrN2O2/c1-10-3-6-15(21-2)13(7-10)16(20)19-14-8-12(17)5-4-11(14)9-18/h3-8H,1-2H3,(H,19,20). The van der Waals surface area contributed by atoms with E-state index in [0.29, 0.717) is 22.6 Å². The Morgan fingerprint density at radius 3 is 2.71 bits per heavy atom. The minimum Gasteiger partial charge on any atom is -0.496 e. The third kappa shape index (κ3) is 3.41. The average molecular weight is 345 g/mol. The molecule has 0 atom stereocenters. The van der Waals surface area contributed by atoms with Gasteiger partial charge in [-0.25, -0.2) is 0 Å². The van der Waals surface area contributed by atoms with Gasteiger partial charge in [0.2, 0.25) is 0 Å². The number of carbonyl (C=O) groups excluding carboxylic acids is 1. The van der Waals surface area contributed by atoms with Crippen molar-refractivity contribution in [3.63, 3.8) is 0 Å². The molecule has 0 saturated carbocycles. The molecule has 4 nitrogen and oxygen atoms in total. The fraction of sp³-hybridized carbons (Fsp3) is 0.125. The first-order chi connectivity index (χ1) is 10.0. The lowest BCUT2D eigenvalue weighted by molar-refractivity contribution is 0.102. The zero-order chi connectivity index (χ0) is 15.4. The van der Waals surface area contributed by atoms with E-state index in [2.05, 4.69) is 27.3 Å². The van der Waals surface area contributed by atoms with Gasteiger partial charge in [0, 0.05) is 4.47 Å². The van der Waals surface area contributed by atoms with Crippen molar-refractivity contribution < 1.29 is 9.53 Å². The van der Waals surface area contributed by atoms with Gasteiger partial charge in [0.25, 0.3) is 5.91 Å². The Balaban J connectivity index is 2.37. The molecule has 2 rings (SSSR count). The number of hydrogen-bond acceptors (Lipinski definition) is 3. The van der Waals surface area contributed by atoms with Gasteiger partial charge in [-0.15, -0.1) is 0 Å². The Morgan fingerprint density at radius 1 is 1.29 bits per heavy atom. The van der Waals surface area contributed by atoms with E-state index in [-0.39, 0.29) is 5.91 Å². The van der Waals surface area contributed by atoms with Gasteiger partial charge in [-0.3, -0.25) is 4.79 Å². The van der Waals surface area contributed by atoms with Crippen LogP contribution in [0.5, 0.6) is 5.75 Å². The molecule has 2 aromatic carbocycles. The molecular weight excluding hydrogens is 332 g/mol. The maximum absolute atomic E-state index is 12.4. The molecule has 0 aliphatic carbocycles. The molecule has 0 unspecified atom stereocenters. The number of amides is 1. The zero-order valence-electron chi connectivity index (χ0n) is 11.6. The maximum Gasteiger partial charge on any atom is 0.259 e. The summed E-state index contributed by atoms with van der Waals surface area (Å²) in [5, 5.41) is 11.8. The fourth-order valence-corrected chi connectivity index (χ4v) is 2.27. The number of benzene rings is 2. The van der Waals surface area contributed by atoms with Crippen LogP contribution in [0.4, 0.5) is 5.69 Å². The summed E-state index contributed by atoms with van der Waals surface area (Å²) in [6, 6.07) is 12.5. The molecule has 1 amide bonds. The van der Waals surface area contributed by atoms with E-state index in [9.17, 15) is 4.79 Å². The lowest BCUT2D eigenvalue weighted by Crippen LogP contribution is -2.14. The number of rotatable bonds is 3. The number of nitrogens with zero attached hydrogens (tertiary/aromatic N) is 1. The summed E-state index contributed by atoms with van der Waals surface area (Å²) < 4.78 is 5.99. The van der Waals surface area contributed by atoms with Crippen molar-refractivity contribution in [3.8, 4) is 11.8 Å². The van der Waals surface area contributed by atoms with Gasteiger partial charge in [-0.1, -0.05) is 27.6 Å². The molecule has 0 heterocycles. The minimum atomic E-state index is -0.315. The van der Waals surface area contributed by atoms with Crippen LogP contribution in [0.25, 0.3) is 0 Å². The van der Waals surface area contributed by atoms with Crippen molar-refractivity contribution in [3.05, 3.63) is 57.6 Å². The fourth-order valence-electron chi connectivity index (χ4n) is 1.91. The number of nitrogens with one attached hydrogen (secondary N) is 1. The predicted molar refractivity (Wildman–Crippen MR) is 84.5 cm³/mol. The summed E-state index contributed by atoms with van der Waals surface area (Å²) in [5.41, 5.74) is 2.25. The highest BCUT2D eigenvalue weighted by Crippen LogP contribution is 2.24. The van der Waals surface area contributed by atoms with Crippen molar-refractivity contribution in [1.29, 1.82) is 5.26 Å². The van der Waals surface area contributed by atoms with E-state index in [0.717, 1.165) is 10.0 Å². The monoisotopic (exact) mass is 344 g/mol. The van der Waals surface area contributed by atoms with Crippen LogP contribution in [0.1, 0.15) is 21.5 Å². The third-order valence-electron chi connectivity index (χ3n) is 2.95. The number of halogens is 1. The van der Waals surface area contributed by atoms with Crippen molar-refractivity contribution in [2.75, 3.05) is 12.4 Å². The zero-order valence-corrected chi connectivity index (χ0v) is 13.2. The number of methoxy groups -OCH3 is 1. The van der Waals surface area contributed by atoms with Crippen molar-refractivity contribution in [1.82, 2.24) is 0 Å². The number of hydrogen-bond donors (Lipinski definition) is 1. The summed E-state index contributed by atoms with van der Waals surface area (Å²) in [5.74, 6) is 0.178. The molecule has 0 aliphatic heterocycles. The number of ether oxygens (including phenoxy) is 1. The SMILES string of the molecule is COc1ccc(C)cc1C(=O)Nc1cc(Br)ccc1C#N. The van der Waals surface area contributed by atoms with E-state index in [1.165, 1.54) is 7.11 Å². The number of aryl methyl sites for hydroxylation is 1. The molecule has 0 spiro atoms. The van der Waals surface area contributed by atoms with Gasteiger partial charge in [-0.2, -0.15) is 5.26 Å². The smallest absolute Gasteiger partial charge is 0.259 e. The topological polar surface area (TPSA) is 62.1 Å². The van der Waals surface area contributed by atoms with Gasteiger partial charge in [0.05, 0.1) is 23.9 Å². The first-order valence-electron chi connectivity index (χ1n) is 6.21. The molecule has 5 heteroatoms. The Kier molecular flexibility index (Phi) is 4.61. The molecule has 0 bridgehead atoms.